The second-order valence-corrected chi connectivity index (χ2v) is 6.42. The molecule has 0 spiro atoms. The van der Waals surface area contributed by atoms with Crippen LogP contribution >= 0.6 is 0 Å². The summed E-state index contributed by atoms with van der Waals surface area (Å²) in [5.41, 5.74) is 2.98. The van der Waals surface area contributed by atoms with Gasteiger partial charge in [0.2, 0.25) is 6.79 Å². The number of urea groups is 1. The number of fused-ring (bicyclic) bond motifs is 1. The monoisotopic (exact) mass is 385 g/mol. The number of anilines is 2. The molecule has 7 nitrogen and oxygen atoms in total. The first kappa shape index (κ1) is 19.7. The number of hydrogen-bond acceptors (Lipinski definition) is 5. The van der Waals surface area contributed by atoms with Crippen molar-refractivity contribution < 1.29 is 19.0 Å². The molecule has 1 aliphatic heterocycles. The van der Waals surface area contributed by atoms with Gasteiger partial charge in [0, 0.05) is 30.5 Å². The molecule has 28 heavy (non-hydrogen) atoms. The van der Waals surface area contributed by atoms with Crippen LogP contribution in [0.1, 0.15) is 19.4 Å². The molecule has 0 atom stereocenters. The van der Waals surface area contributed by atoms with Crippen LogP contribution in [0.3, 0.4) is 0 Å². The van der Waals surface area contributed by atoms with Crippen LogP contribution in [0, 0.1) is 6.92 Å². The van der Waals surface area contributed by atoms with Gasteiger partial charge in [0.1, 0.15) is 12.4 Å². The highest BCUT2D eigenvalue weighted by Crippen LogP contribution is 2.35. The number of ether oxygens (including phenoxy) is 3. The lowest BCUT2D eigenvalue weighted by Gasteiger charge is -2.22. The van der Waals surface area contributed by atoms with Crippen LogP contribution in [0.2, 0.25) is 0 Å². The number of hydrogen-bond donors (Lipinski definition) is 2. The van der Waals surface area contributed by atoms with Crippen molar-refractivity contribution >= 4 is 17.4 Å². The fourth-order valence-corrected chi connectivity index (χ4v) is 3.04. The number of carbonyl (C=O) groups is 1. The molecular formula is C21H27N3O4. The molecule has 0 saturated carbocycles. The van der Waals surface area contributed by atoms with E-state index in [1.807, 2.05) is 31.2 Å². The Balaban J connectivity index is 1.44. The van der Waals surface area contributed by atoms with Crippen LogP contribution in [-0.2, 0) is 0 Å². The van der Waals surface area contributed by atoms with Crippen molar-refractivity contribution in [2.45, 2.75) is 20.8 Å². The quantitative estimate of drug-likeness (QED) is 0.677. The largest absolute Gasteiger partial charge is 0.492 e. The molecule has 2 aromatic carbocycles. The number of benzene rings is 2. The summed E-state index contributed by atoms with van der Waals surface area (Å²) in [7, 11) is 0. The van der Waals surface area contributed by atoms with Crippen molar-refractivity contribution in [3.05, 3.63) is 42.0 Å². The smallest absolute Gasteiger partial charge is 0.319 e. The van der Waals surface area contributed by atoms with E-state index in [9.17, 15) is 4.79 Å². The fraction of sp³-hybridized carbons (Fsp3) is 0.381. The molecule has 0 aliphatic carbocycles. The molecule has 1 aliphatic rings. The zero-order valence-corrected chi connectivity index (χ0v) is 16.6. The second kappa shape index (κ2) is 9.21. The van der Waals surface area contributed by atoms with E-state index in [1.165, 1.54) is 0 Å². The molecule has 2 N–H and O–H groups in total. The van der Waals surface area contributed by atoms with Gasteiger partial charge in [0.05, 0.1) is 6.54 Å². The Labute approximate surface area is 165 Å². The minimum atomic E-state index is -0.257. The zero-order valence-electron chi connectivity index (χ0n) is 16.6. The average Bonchev–Trinajstić information content (AvgIpc) is 3.16. The number of amides is 2. The summed E-state index contributed by atoms with van der Waals surface area (Å²) in [5.74, 6) is 2.06. The summed E-state index contributed by atoms with van der Waals surface area (Å²) in [5, 5.41) is 5.68. The maximum Gasteiger partial charge on any atom is 0.319 e. The number of carbonyl (C=O) groups excluding carboxylic acids is 1. The van der Waals surface area contributed by atoms with Crippen LogP contribution in [0.5, 0.6) is 17.2 Å². The molecule has 0 bridgehead atoms. The summed E-state index contributed by atoms with van der Waals surface area (Å²) in [6.07, 6.45) is 0. The molecule has 0 aromatic heterocycles. The predicted octanol–water partition coefficient (Wildman–Crippen LogP) is 3.77. The Hall–Kier alpha value is -3.09. The highest BCUT2D eigenvalue weighted by Gasteiger charge is 2.13. The van der Waals surface area contributed by atoms with Crippen LogP contribution < -0.4 is 29.7 Å². The van der Waals surface area contributed by atoms with Crippen molar-refractivity contribution in [1.82, 2.24) is 5.32 Å². The van der Waals surface area contributed by atoms with E-state index in [2.05, 4.69) is 35.4 Å². The normalized spacial score (nSPS) is 11.8. The first-order valence-corrected chi connectivity index (χ1v) is 9.53. The molecule has 0 radical (unpaired) electrons. The summed E-state index contributed by atoms with van der Waals surface area (Å²) in [4.78, 5) is 14.4. The highest BCUT2D eigenvalue weighted by molar-refractivity contribution is 5.90. The molecule has 2 amide bonds. The predicted molar refractivity (Wildman–Crippen MR) is 110 cm³/mol. The van der Waals surface area contributed by atoms with E-state index >= 15 is 0 Å². The maximum atomic E-state index is 12.1. The maximum absolute atomic E-state index is 12.1. The third-order valence-corrected chi connectivity index (χ3v) is 4.59. The molecule has 1 heterocycles. The van der Waals surface area contributed by atoms with Crippen molar-refractivity contribution in [1.29, 1.82) is 0 Å². The Morgan fingerprint density at radius 2 is 1.89 bits per heavy atom. The van der Waals surface area contributed by atoms with Crippen LogP contribution in [0.4, 0.5) is 16.2 Å². The van der Waals surface area contributed by atoms with Gasteiger partial charge in [0.15, 0.2) is 11.5 Å². The van der Waals surface area contributed by atoms with Gasteiger partial charge in [0.25, 0.3) is 0 Å². The van der Waals surface area contributed by atoms with Gasteiger partial charge in [-0.3, -0.25) is 0 Å². The van der Waals surface area contributed by atoms with E-state index in [0.29, 0.717) is 30.4 Å². The van der Waals surface area contributed by atoms with Crippen LogP contribution in [0.25, 0.3) is 0 Å². The SMILES string of the molecule is CCN(CC)c1ccc(NC(=O)NCCOc2ccc3c(c2)OCO3)c(C)c1. The highest BCUT2D eigenvalue weighted by atomic mass is 16.7. The molecule has 150 valence electrons. The van der Waals surface area contributed by atoms with Gasteiger partial charge in [-0.05, 0) is 56.7 Å². The minimum absolute atomic E-state index is 0.232. The Bertz CT molecular complexity index is 821. The topological polar surface area (TPSA) is 72.1 Å². The number of aryl methyl sites for hydroxylation is 1. The summed E-state index contributed by atoms with van der Waals surface area (Å²) in [6.45, 7) is 9.12. The summed E-state index contributed by atoms with van der Waals surface area (Å²) >= 11 is 0. The van der Waals surface area contributed by atoms with E-state index in [-0.39, 0.29) is 12.8 Å². The van der Waals surface area contributed by atoms with Crippen molar-refractivity contribution in [3.8, 4) is 17.2 Å². The van der Waals surface area contributed by atoms with Gasteiger partial charge in [-0.2, -0.15) is 0 Å². The lowest BCUT2D eigenvalue weighted by atomic mass is 10.1. The van der Waals surface area contributed by atoms with Gasteiger partial charge < -0.3 is 29.7 Å². The second-order valence-electron chi connectivity index (χ2n) is 6.42. The van der Waals surface area contributed by atoms with Crippen LogP contribution in [-0.4, -0.2) is 39.1 Å². The van der Waals surface area contributed by atoms with Crippen LogP contribution in [0.15, 0.2) is 36.4 Å². The van der Waals surface area contributed by atoms with E-state index in [0.717, 1.165) is 30.0 Å². The number of nitrogens with one attached hydrogen (secondary N) is 2. The summed E-state index contributed by atoms with van der Waals surface area (Å²) < 4.78 is 16.2. The van der Waals surface area contributed by atoms with Crippen molar-refractivity contribution in [3.63, 3.8) is 0 Å². The molecule has 3 rings (SSSR count). The third kappa shape index (κ3) is 4.79. The van der Waals surface area contributed by atoms with Gasteiger partial charge in [-0.15, -0.1) is 0 Å². The first-order valence-electron chi connectivity index (χ1n) is 9.53. The summed E-state index contributed by atoms with van der Waals surface area (Å²) in [6, 6.07) is 11.2. The van der Waals surface area contributed by atoms with Gasteiger partial charge >= 0.3 is 6.03 Å². The van der Waals surface area contributed by atoms with Gasteiger partial charge in [-0.1, -0.05) is 0 Å². The Morgan fingerprint density at radius 3 is 2.64 bits per heavy atom. The number of nitrogens with zero attached hydrogens (tertiary/aromatic N) is 1. The van der Waals surface area contributed by atoms with E-state index < -0.39 is 0 Å². The number of rotatable bonds is 8. The molecule has 0 unspecified atom stereocenters. The molecule has 0 fully saturated rings. The molecular weight excluding hydrogens is 358 g/mol. The first-order chi connectivity index (χ1) is 13.6. The van der Waals surface area contributed by atoms with E-state index in [1.54, 1.807) is 6.07 Å². The Morgan fingerprint density at radius 1 is 1.11 bits per heavy atom. The van der Waals surface area contributed by atoms with E-state index in [4.69, 9.17) is 14.2 Å². The van der Waals surface area contributed by atoms with Gasteiger partial charge in [-0.25, -0.2) is 4.79 Å². The minimum Gasteiger partial charge on any atom is -0.492 e. The van der Waals surface area contributed by atoms with Crippen molar-refractivity contribution in [2.75, 3.05) is 43.3 Å². The third-order valence-electron chi connectivity index (χ3n) is 4.59. The molecule has 7 heteroatoms. The fourth-order valence-electron chi connectivity index (χ4n) is 3.04. The molecule has 2 aromatic rings. The van der Waals surface area contributed by atoms with Crippen molar-refractivity contribution in [2.24, 2.45) is 0 Å². The lowest BCUT2D eigenvalue weighted by molar-refractivity contribution is 0.173. The lowest BCUT2D eigenvalue weighted by Crippen LogP contribution is -2.32. The average molecular weight is 385 g/mol. The zero-order chi connectivity index (χ0) is 19.9. The molecule has 0 saturated heterocycles. The standard InChI is InChI=1S/C21H27N3O4/c1-4-24(5-2)16-6-8-18(15(3)12-16)23-21(25)22-10-11-26-17-7-9-19-20(13-17)28-14-27-19/h6-9,12-13H,4-5,10-11,14H2,1-3H3,(H2,22,23,25). The Kier molecular flexibility index (Phi) is 6.47.